The highest BCUT2D eigenvalue weighted by molar-refractivity contribution is 7.08. The highest BCUT2D eigenvalue weighted by Gasteiger charge is 2.08. The fraction of sp³-hybridized carbons (Fsp3) is 0.667. The second-order valence-corrected chi connectivity index (χ2v) is 5.81. The van der Waals surface area contributed by atoms with Crippen molar-refractivity contribution >= 4 is 11.3 Å². The molecule has 0 aliphatic heterocycles. The van der Waals surface area contributed by atoms with Gasteiger partial charge in [0.25, 0.3) is 0 Å². The van der Waals surface area contributed by atoms with Crippen LogP contribution >= 0.6 is 11.3 Å². The van der Waals surface area contributed by atoms with Gasteiger partial charge in [-0.05, 0) is 47.2 Å². The normalized spacial score (nSPS) is 12.0. The van der Waals surface area contributed by atoms with E-state index in [1.807, 2.05) is 0 Å². The van der Waals surface area contributed by atoms with E-state index >= 15 is 0 Å². The molecule has 0 aliphatic carbocycles. The zero-order valence-electron chi connectivity index (χ0n) is 9.68. The SMILES string of the molecule is Cc1cscc1CNCCC(C)(C)C. The zero-order valence-corrected chi connectivity index (χ0v) is 10.5. The quantitative estimate of drug-likeness (QED) is 0.751. The maximum Gasteiger partial charge on any atom is 0.0216 e. The highest BCUT2D eigenvalue weighted by atomic mass is 32.1. The van der Waals surface area contributed by atoms with Crippen LogP contribution < -0.4 is 5.32 Å². The number of thiophene rings is 1. The fourth-order valence-electron chi connectivity index (χ4n) is 1.25. The van der Waals surface area contributed by atoms with Crippen molar-refractivity contribution in [2.24, 2.45) is 5.41 Å². The molecule has 0 fully saturated rings. The van der Waals surface area contributed by atoms with Gasteiger partial charge in [-0.25, -0.2) is 0 Å². The molecule has 0 spiro atoms. The molecule has 1 aromatic rings. The third kappa shape index (κ3) is 4.25. The summed E-state index contributed by atoms with van der Waals surface area (Å²) in [5.41, 5.74) is 3.30. The van der Waals surface area contributed by atoms with Crippen molar-refractivity contribution in [3.63, 3.8) is 0 Å². The van der Waals surface area contributed by atoms with E-state index in [0.29, 0.717) is 5.41 Å². The second kappa shape index (κ2) is 4.94. The van der Waals surface area contributed by atoms with Crippen LogP contribution in [0.25, 0.3) is 0 Å². The third-order valence-electron chi connectivity index (χ3n) is 2.33. The van der Waals surface area contributed by atoms with Gasteiger partial charge in [0.15, 0.2) is 0 Å². The molecule has 0 radical (unpaired) electrons. The first-order valence-electron chi connectivity index (χ1n) is 5.21. The molecular formula is C12H21NS. The summed E-state index contributed by atoms with van der Waals surface area (Å²) in [5.74, 6) is 0. The average Bonchev–Trinajstić information content (AvgIpc) is 2.44. The van der Waals surface area contributed by atoms with Crippen LogP contribution in [0.2, 0.25) is 0 Å². The van der Waals surface area contributed by atoms with E-state index in [0.717, 1.165) is 13.1 Å². The Morgan fingerprint density at radius 1 is 1.29 bits per heavy atom. The van der Waals surface area contributed by atoms with E-state index in [9.17, 15) is 0 Å². The Hall–Kier alpha value is -0.340. The summed E-state index contributed by atoms with van der Waals surface area (Å²) in [6.07, 6.45) is 1.23. The molecule has 2 heteroatoms. The Labute approximate surface area is 91.5 Å². The van der Waals surface area contributed by atoms with Crippen molar-refractivity contribution in [2.75, 3.05) is 6.54 Å². The molecule has 1 aromatic heterocycles. The predicted molar refractivity (Wildman–Crippen MR) is 64.8 cm³/mol. The summed E-state index contributed by atoms with van der Waals surface area (Å²) in [5, 5.41) is 7.94. The number of rotatable bonds is 4. The number of aryl methyl sites for hydroxylation is 1. The molecule has 0 amide bonds. The molecule has 0 saturated heterocycles. The lowest BCUT2D eigenvalue weighted by Gasteiger charge is -2.18. The van der Waals surface area contributed by atoms with Crippen molar-refractivity contribution in [1.82, 2.24) is 5.32 Å². The van der Waals surface area contributed by atoms with Crippen LogP contribution in [0.15, 0.2) is 10.8 Å². The zero-order chi connectivity index (χ0) is 10.6. The summed E-state index contributed by atoms with van der Waals surface area (Å²) in [7, 11) is 0. The first-order valence-corrected chi connectivity index (χ1v) is 6.16. The van der Waals surface area contributed by atoms with Crippen LogP contribution in [0.5, 0.6) is 0 Å². The van der Waals surface area contributed by atoms with Crippen LogP contribution in [-0.2, 0) is 6.54 Å². The van der Waals surface area contributed by atoms with Crippen molar-refractivity contribution in [2.45, 2.75) is 40.7 Å². The average molecular weight is 211 g/mol. The highest BCUT2D eigenvalue weighted by Crippen LogP contribution is 2.17. The van der Waals surface area contributed by atoms with Gasteiger partial charge < -0.3 is 5.32 Å². The summed E-state index contributed by atoms with van der Waals surface area (Å²) in [6.45, 7) is 11.2. The number of nitrogens with one attached hydrogen (secondary N) is 1. The topological polar surface area (TPSA) is 12.0 Å². The number of hydrogen-bond donors (Lipinski definition) is 1. The minimum absolute atomic E-state index is 0.441. The smallest absolute Gasteiger partial charge is 0.0216 e. The third-order valence-corrected chi connectivity index (χ3v) is 3.24. The molecule has 0 aromatic carbocycles. The minimum Gasteiger partial charge on any atom is -0.313 e. The molecule has 1 heterocycles. The molecule has 1 nitrogen and oxygen atoms in total. The van der Waals surface area contributed by atoms with E-state index < -0.39 is 0 Å². The van der Waals surface area contributed by atoms with Crippen molar-refractivity contribution in [1.29, 1.82) is 0 Å². The molecule has 0 bridgehead atoms. The molecule has 0 saturated carbocycles. The van der Waals surface area contributed by atoms with Gasteiger partial charge in [-0.2, -0.15) is 11.3 Å². The van der Waals surface area contributed by atoms with Gasteiger partial charge in [-0.15, -0.1) is 0 Å². The fourth-order valence-corrected chi connectivity index (χ4v) is 2.11. The molecule has 0 unspecified atom stereocenters. The maximum absolute atomic E-state index is 3.49. The van der Waals surface area contributed by atoms with E-state index in [1.54, 1.807) is 11.3 Å². The Bertz CT molecular complexity index is 270. The van der Waals surface area contributed by atoms with Gasteiger partial charge in [-0.3, -0.25) is 0 Å². The van der Waals surface area contributed by atoms with Crippen LogP contribution in [0.4, 0.5) is 0 Å². The summed E-state index contributed by atoms with van der Waals surface area (Å²) in [6, 6.07) is 0. The van der Waals surface area contributed by atoms with Gasteiger partial charge in [0.2, 0.25) is 0 Å². The Morgan fingerprint density at radius 2 is 2.00 bits per heavy atom. The van der Waals surface area contributed by atoms with Crippen LogP contribution in [0.3, 0.4) is 0 Å². The van der Waals surface area contributed by atoms with Crippen molar-refractivity contribution in [3.8, 4) is 0 Å². The summed E-state index contributed by atoms with van der Waals surface area (Å²) < 4.78 is 0. The van der Waals surface area contributed by atoms with Gasteiger partial charge >= 0.3 is 0 Å². The Balaban J connectivity index is 2.20. The summed E-state index contributed by atoms with van der Waals surface area (Å²) in [4.78, 5) is 0. The largest absolute Gasteiger partial charge is 0.313 e. The summed E-state index contributed by atoms with van der Waals surface area (Å²) >= 11 is 1.79. The van der Waals surface area contributed by atoms with E-state index in [1.165, 1.54) is 17.5 Å². The van der Waals surface area contributed by atoms with E-state index in [2.05, 4.69) is 43.8 Å². The molecule has 0 atom stereocenters. The van der Waals surface area contributed by atoms with E-state index in [-0.39, 0.29) is 0 Å². The first-order chi connectivity index (χ1) is 6.49. The Kier molecular flexibility index (Phi) is 4.14. The molecule has 14 heavy (non-hydrogen) atoms. The molecular weight excluding hydrogens is 190 g/mol. The second-order valence-electron chi connectivity index (χ2n) is 5.07. The van der Waals surface area contributed by atoms with E-state index in [4.69, 9.17) is 0 Å². The molecule has 1 rings (SSSR count). The standard InChI is InChI=1S/C12H21NS/c1-10-8-14-9-11(10)7-13-6-5-12(2,3)4/h8-9,13H,5-7H2,1-4H3. The first kappa shape index (κ1) is 11.7. The predicted octanol–water partition coefficient (Wildman–Crippen LogP) is 3.58. The lowest BCUT2D eigenvalue weighted by molar-refractivity contribution is 0.366. The molecule has 1 N–H and O–H groups in total. The van der Waals surface area contributed by atoms with Crippen molar-refractivity contribution < 1.29 is 0 Å². The lowest BCUT2D eigenvalue weighted by Crippen LogP contribution is -2.20. The lowest BCUT2D eigenvalue weighted by atomic mass is 9.92. The van der Waals surface area contributed by atoms with Crippen LogP contribution in [0, 0.1) is 12.3 Å². The van der Waals surface area contributed by atoms with Gasteiger partial charge in [0, 0.05) is 6.54 Å². The van der Waals surface area contributed by atoms with Crippen LogP contribution in [-0.4, -0.2) is 6.54 Å². The minimum atomic E-state index is 0.441. The maximum atomic E-state index is 3.49. The van der Waals surface area contributed by atoms with Crippen LogP contribution in [0.1, 0.15) is 38.3 Å². The number of hydrogen-bond acceptors (Lipinski definition) is 2. The van der Waals surface area contributed by atoms with Gasteiger partial charge in [-0.1, -0.05) is 20.8 Å². The van der Waals surface area contributed by atoms with Gasteiger partial charge in [0.1, 0.15) is 0 Å². The van der Waals surface area contributed by atoms with Crippen molar-refractivity contribution in [3.05, 3.63) is 21.9 Å². The molecule has 80 valence electrons. The molecule has 0 aliphatic rings. The monoisotopic (exact) mass is 211 g/mol. The van der Waals surface area contributed by atoms with Gasteiger partial charge in [0.05, 0.1) is 0 Å². The Morgan fingerprint density at radius 3 is 2.50 bits per heavy atom.